The van der Waals surface area contributed by atoms with Gasteiger partial charge in [-0.15, -0.1) is 0 Å². The fraction of sp³-hybridized carbons (Fsp3) is 0.800. The molecule has 0 saturated carbocycles. The maximum atomic E-state index is 10.8. The van der Waals surface area contributed by atoms with Crippen molar-refractivity contribution in [1.29, 1.82) is 0 Å². The number of thiol groups is 1. The Morgan fingerprint density at radius 1 is 1.67 bits per heavy atom. The zero-order valence-corrected chi connectivity index (χ0v) is 8.36. The molecule has 0 saturated heterocycles. The van der Waals surface area contributed by atoms with Gasteiger partial charge in [0, 0.05) is 6.54 Å². The SMILES string of the molecule is CC(S)C(=O)NCCS(N)(=O)=O. The maximum Gasteiger partial charge on any atom is 0.232 e. The van der Waals surface area contributed by atoms with Crippen LogP contribution in [0.15, 0.2) is 0 Å². The molecule has 0 aromatic carbocycles. The third-order valence-corrected chi connectivity index (χ3v) is 2.07. The molecule has 5 nitrogen and oxygen atoms in total. The maximum absolute atomic E-state index is 10.8. The monoisotopic (exact) mass is 212 g/mol. The highest BCUT2D eigenvalue weighted by Crippen LogP contribution is 1.90. The Hall–Kier alpha value is -0.270. The van der Waals surface area contributed by atoms with Crippen LogP contribution in [-0.2, 0) is 14.8 Å². The number of rotatable bonds is 4. The van der Waals surface area contributed by atoms with Crippen LogP contribution in [-0.4, -0.2) is 31.9 Å². The average Bonchev–Trinajstić information content (AvgIpc) is 1.84. The predicted molar refractivity (Wildman–Crippen MR) is 49.4 cm³/mol. The quantitative estimate of drug-likeness (QED) is 0.506. The van der Waals surface area contributed by atoms with Crippen molar-refractivity contribution in [3.63, 3.8) is 0 Å². The minimum absolute atomic E-state index is 0.0303. The molecule has 0 bridgehead atoms. The van der Waals surface area contributed by atoms with Gasteiger partial charge in [-0.3, -0.25) is 4.79 Å². The van der Waals surface area contributed by atoms with E-state index < -0.39 is 15.3 Å². The lowest BCUT2D eigenvalue weighted by molar-refractivity contribution is -0.120. The van der Waals surface area contributed by atoms with Gasteiger partial charge in [0.15, 0.2) is 0 Å². The summed E-state index contributed by atoms with van der Waals surface area (Å²) in [5, 5.41) is 6.62. The van der Waals surface area contributed by atoms with Gasteiger partial charge in [-0.2, -0.15) is 12.6 Å². The summed E-state index contributed by atoms with van der Waals surface area (Å²) in [7, 11) is -3.49. The number of primary sulfonamides is 1. The van der Waals surface area contributed by atoms with Crippen LogP contribution in [0.1, 0.15) is 6.92 Å². The zero-order chi connectivity index (χ0) is 9.78. The van der Waals surface area contributed by atoms with E-state index in [9.17, 15) is 13.2 Å². The fourth-order valence-corrected chi connectivity index (χ4v) is 0.942. The van der Waals surface area contributed by atoms with E-state index in [1.54, 1.807) is 6.92 Å². The van der Waals surface area contributed by atoms with Crippen LogP contribution < -0.4 is 10.5 Å². The number of nitrogens with one attached hydrogen (secondary N) is 1. The van der Waals surface area contributed by atoms with E-state index in [1.807, 2.05) is 0 Å². The molecule has 0 fully saturated rings. The van der Waals surface area contributed by atoms with Gasteiger partial charge in [0.05, 0.1) is 11.0 Å². The topological polar surface area (TPSA) is 89.3 Å². The minimum atomic E-state index is -3.49. The van der Waals surface area contributed by atoms with Crippen molar-refractivity contribution >= 4 is 28.6 Å². The predicted octanol–water partition coefficient (Wildman–Crippen LogP) is -1.29. The van der Waals surface area contributed by atoms with E-state index in [0.29, 0.717) is 0 Å². The van der Waals surface area contributed by atoms with Gasteiger partial charge in [-0.1, -0.05) is 0 Å². The summed E-state index contributed by atoms with van der Waals surface area (Å²) in [5.41, 5.74) is 0. The third-order valence-electron chi connectivity index (χ3n) is 1.07. The van der Waals surface area contributed by atoms with Crippen molar-refractivity contribution in [1.82, 2.24) is 5.32 Å². The summed E-state index contributed by atoms with van der Waals surface area (Å²) in [6, 6.07) is 0. The Bertz CT molecular complexity index is 247. The van der Waals surface area contributed by atoms with Gasteiger partial charge in [0.1, 0.15) is 0 Å². The van der Waals surface area contributed by atoms with E-state index >= 15 is 0 Å². The normalized spacial score (nSPS) is 13.9. The lowest BCUT2D eigenvalue weighted by atomic mass is 10.4. The number of nitrogens with two attached hydrogens (primary N) is 1. The number of hydrogen-bond acceptors (Lipinski definition) is 4. The third kappa shape index (κ3) is 6.44. The second kappa shape index (κ2) is 4.68. The Balaban J connectivity index is 3.66. The second-order valence-corrected chi connectivity index (χ2v) is 4.84. The molecule has 0 aromatic heterocycles. The Labute approximate surface area is 77.2 Å². The molecule has 0 aliphatic rings. The molecule has 0 aliphatic heterocycles. The number of amides is 1. The van der Waals surface area contributed by atoms with Crippen LogP contribution >= 0.6 is 12.6 Å². The highest BCUT2D eigenvalue weighted by molar-refractivity contribution is 7.89. The number of sulfonamides is 1. The highest BCUT2D eigenvalue weighted by atomic mass is 32.2. The van der Waals surface area contributed by atoms with Crippen molar-refractivity contribution in [2.45, 2.75) is 12.2 Å². The van der Waals surface area contributed by atoms with E-state index in [2.05, 4.69) is 17.9 Å². The van der Waals surface area contributed by atoms with Crippen LogP contribution in [0.4, 0.5) is 0 Å². The first kappa shape index (κ1) is 11.7. The Kier molecular flexibility index (Phi) is 4.58. The van der Waals surface area contributed by atoms with Crippen molar-refractivity contribution < 1.29 is 13.2 Å². The minimum Gasteiger partial charge on any atom is -0.354 e. The molecule has 0 aromatic rings. The van der Waals surface area contributed by atoms with E-state index in [1.165, 1.54) is 0 Å². The van der Waals surface area contributed by atoms with Crippen LogP contribution in [0.5, 0.6) is 0 Å². The lowest BCUT2D eigenvalue weighted by Gasteiger charge is -2.05. The smallest absolute Gasteiger partial charge is 0.232 e. The summed E-state index contributed by atoms with van der Waals surface area (Å²) in [4.78, 5) is 10.8. The molecule has 0 aliphatic carbocycles. The van der Waals surface area contributed by atoms with Gasteiger partial charge in [0.25, 0.3) is 0 Å². The summed E-state index contributed by atoms with van der Waals surface area (Å²) >= 11 is 3.85. The van der Waals surface area contributed by atoms with E-state index in [-0.39, 0.29) is 18.2 Å². The van der Waals surface area contributed by atoms with Crippen molar-refractivity contribution in [3.8, 4) is 0 Å². The molecule has 72 valence electrons. The first-order valence-electron chi connectivity index (χ1n) is 3.29. The molecule has 0 rings (SSSR count). The van der Waals surface area contributed by atoms with Crippen molar-refractivity contribution in [2.24, 2.45) is 5.14 Å². The summed E-state index contributed by atoms with van der Waals surface area (Å²) in [6.45, 7) is 1.62. The van der Waals surface area contributed by atoms with Gasteiger partial charge < -0.3 is 5.32 Å². The average molecular weight is 212 g/mol. The zero-order valence-electron chi connectivity index (χ0n) is 6.65. The number of carbonyl (C=O) groups is 1. The largest absolute Gasteiger partial charge is 0.354 e. The van der Waals surface area contributed by atoms with E-state index in [0.717, 1.165) is 0 Å². The van der Waals surface area contributed by atoms with Gasteiger partial charge in [-0.25, -0.2) is 13.6 Å². The standard InChI is InChI=1S/C5H12N2O3S2/c1-4(11)5(8)7-2-3-12(6,9)10/h4,11H,2-3H2,1H3,(H,7,8)(H2,6,9,10). The Morgan fingerprint density at radius 2 is 2.17 bits per heavy atom. The van der Waals surface area contributed by atoms with Gasteiger partial charge in [0.2, 0.25) is 15.9 Å². The molecular formula is C5H12N2O3S2. The second-order valence-electron chi connectivity index (χ2n) is 2.33. The molecule has 0 heterocycles. The van der Waals surface area contributed by atoms with E-state index in [4.69, 9.17) is 5.14 Å². The number of hydrogen-bond donors (Lipinski definition) is 3. The molecular weight excluding hydrogens is 200 g/mol. The summed E-state index contributed by atoms with van der Waals surface area (Å²) in [6.07, 6.45) is 0. The Morgan fingerprint density at radius 3 is 2.50 bits per heavy atom. The molecule has 1 unspecified atom stereocenters. The molecule has 7 heteroatoms. The first-order valence-corrected chi connectivity index (χ1v) is 5.52. The summed E-state index contributed by atoms with van der Waals surface area (Å²) in [5.74, 6) is -0.554. The fourth-order valence-electron chi connectivity index (χ4n) is 0.464. The summed E-state index contributed by atoms with van der Waals surface area (Å²) < 4.78 is 20.8. The molecule has 0 spiro atoms. The highest BCUT2D eigenvalue weighted by Gasteiger charge is 2.08. The van der Waals surface area contributed by atoms with Crippen LogP contribution in [0.2, 0.25) is 0 Å². The van der Waals surface area contributed by atoms with Crippen LogP contribution in [0.25, 0.3) is 0 Å². The number of carbonyl (C=O) groups excluding carboxylic acids is 1. The molecule has 1 amide bonds. The van der Waals surface area contributed by atoms with Crippen molar-refractivity contribution in [2.75, 3.05) is 12.3 Å². The lowest BCUT2D eigenvalue weighted by Crippen LogP contribution is -2.35. The molecule has 1 atom stereocenters. The first-order chi connectivity index (χ1) is 5.33. The van der Waals surface area contributed by atoms with Crippen LogP contribution in [0.3, 0.4) is 0 Å². The van der Waals surface area contributed by atoms with Gasteiger partial charge >= 0.3 is 0 Å². The molecule has 3 N–H and O–H groups in total. The van der Waals surface area contributed by atoms with Crippen LogP contribution in [0, 0.1) is 0 Å². The van der Waals surface area contributed by atoms with Crippen molar-refractivity contribution in [3.05, 3.63) is 0 Å². The molecule has 0 radical (unpaired) electrons. The molecule has 12 heavy (non-hydrogen) atoms. The van der Waals surface area contributed by atoms with Gasteiger partial charge in [-0.05, 0) is 6.92 Å².